The first-order chi connectivity index (χ1) is 16.8. The fraction of sp³-hybridized carbons (Fsp3) is 0.367. The molecule has 1 N–H and O–H groups in total. The summed E-state index contributed by atoms with van der Waals surface area (Å²) in [6.45, 7) is 9.10. The lowest BCUT2D eigenvalue weighted by Gasteiger charge is -2.22. The fourth-order valence-corrected chi connectivity index (χ4v) is 4.13. The zero-order valence-electron chi connectivity index (χ0n) is 21.9. The summed E-state index contributed by atoms with van der Waals surface area (Å²) in [5.41, 5.74) is 6.95. The Bertz CT molecular complexity index is 1140. The van der Waals surface area contributed by atoms with Crippen molar-refractivity contribution in [3.63, 3.8) is 0 Å². The number of hydrogen-bond donors (Lipinski definition) is 1. The molecule has 0 spiro atoms. The van der Waals surface area contributed by atoms with Crippen LogP contribution in [0.1, 0.15) is 63.7 Å². The molecular formula is C30H38N2O3. The Kier molecular flexibility index (Phi) is 9.18. The fourth-order valence-electron chi connectivity index (χ4n) is 4.13. The molecule has 0 unspecified atom stereocenters. The molecular weight excluding hydrogens is 436 g/mol. The number of hydrogen-bond acceptors (Lipinski definition) is 4. The van der Waals surface area contributed by atoms with Crippen molar-refractivity contribution in [3.8, 4) is 11.5 Å². The molecule has 0 bridgehead atoms. The predicted molar refractivity (Wildman–Crippen MR) is 146 cm³/mol. The molecule has 1 heterocycles. The zero-order valence-corrected chi connectivity index (χ0v) is 21.9. The van der Waals surface area contributed by atoms with E-state index in [9.17, 15) is 4.79 Å². The van der Waals surface area contributed by atoms with E-state index in [0.717, 1.165) is 37.1 Å². The van der Waals surface area contributed by atoms with E-state index in [1.165, 1.54) is 16.7 Å². The molecule has 5 nitrogen and oxygen atoms in total. The Hall–Kier alpha value is -3.47. The van der Waals surface area contributed by atoms with E-state index in [4.69, 9.17) is 9.47 Å². The van der Waals surface area contributed by atoms with Crippen LogP contribution in [-0.2, 0) is 0 Å². The Morgan fingerprint density at radius 1 is 0.914 bits per heavy atom. The number of nitrogens with one attached hydrogen (secondary N) is 1. The van der Waals surface area contributed by atoms with Gasteiger partial charge in [-0.1, -0.05) is 41.0 Å². The summed E-state index contributed by atoms with van der Waals surface area (Å²) >= 11 is 0. The third-order valence-electron chi connectivity index (χ3n) is 6.22. The van der Waals surface area contributed by atoms with Gasteiger partial charge in [-0.05, 0) is 77.6 Å². The average Bonchev–Trinajstić information content (AvgIpc) is 2.95. The van der Waals surface area contributed by atoms with Gasteiger partial charge >= 0.3 is 0 Å². The molecule has 0 aliphatic carbocycles. The van der Waals surface area contributed by atoms with E-state index in [1.807, 2.05) is 36.4 Å². The lowest BCUT2D eigenvalue weighted by Crippen LogP contribution is -2.30. The van der Waals surface area contributed by atoms with Gasteiger partial charge in [0, 0.05) is 12.6 Å². The van der Waals surface area contributed by atoms with Gasteiger partial charge in [0.2, 0.25) is 0 Å². The first-order valence-electron chi connectivity index (χ1n) is 12.2. The number of para-hydroxylation sites is 1. The van der Waals surface area contributed by atoms with Crippen LogP contribution >= 0.6 is 0 Å². The Labute approximate surface area is 210 Å². The molecule has 0 fully saturated rings. The van der Waals surface area contributed by atoms with Crippen LogP contribution in [0, 0.1) is 0 Å². The lowest BCUT2D eigenvalue weighted by atomic mass is 10.1. The highest BCUT2D eigenvalue weighted by Crippen LogP contribution is 2.41. The molecule has 0 saturated heterocycles. The number of carbonyl (C=O) groups excluding carboxylic acids is 1. The highest BCUT2D eigenvalue weighted by Gasteiger charge is 2.28. The maximum Gasteiger partial charge on any atom is 0.260 e. The molecule has 1 aliphatic heterocycles. The minimum absolute atomic E-state index is 0.0718. The van der Waals surface area contributed by atoms with E-state index in [-0.39, 0.29) is 5.91 Å². The SMILES string of the molecule is COc1ccc2c(c1)N(C/C=C(\C)CC/C=C(\C)CCC=C(C)C)C(=O)c1cccc(OC)c1N2. The smallest absolute Gasteiger partial charge is 0.260 e. The van der Waals surface area contributed by atoms with Gasteiger partial charge in [-0.3, -0.25) is 4.79 Å². The second kappa shape index (κ2) is 12.3. The molecule has 1 amide bonds. The molecule has 0 aromatic heterocycles. The number of nitrogens with zero attached hydrogens (tertiary/aromatic N) is 1. The van der Waals surface area contributed by atoms with E-state index in [0.29, 0.717) is 29.3 Å². The molecule has 35 heavy (non-hydrogen) atoms. The predicted octanol–water partition coefficient (Wildman–Crippen LogP) is 7.83. The summed E-state index contributed by atoms with van der Waals surface area (Å²) in [7, 11) is 3.25. The van der Waals surface area contributed by atoms with Crippen LogP contribution in [0.15, 0.2) is 71.3 Å². The largest absolute Gasteiger partial charge is 0.497 e. The molecule has 2 aromatic rings. The number of ether oxygens (including phenoxy) is 2. The van der Waals surface area contributed by atoms with Crippen LogP contribution in [0.3, 0.4) is 0 Å². The highest BCUT2D eigenvalue weighted by molar-refractivity contribution is 6.14. The number of anilines is 3. The Morgan fingerprint density at radius 2 is 1.63 bits per heavy atom. The van der Waals surface area contributed by atoms with Gasteiger partial charge in [0.25, 0.3) is 5.91 Å². The van der Waals surface area contributed by atoms with Gasteiger partial charge in [0.15, 0.2) is 0 Å². The molecule has 1 aliphatic rings. The molecule has 5 heteroatoms. The third kappa shape index (κ3) is 6.78. The number of amides is 1. The van der Waals surface area contributed by atoms with Gasteiger partial charge < -0.3 is 19.7 Å². The summed E-state index contributed by atoms with van der Waals surface area (Å²) in [4.78, 5) is 15.5. The Morgan fingerprint density at radius 3 is 2.31 bits per heavy atom. The van der Waals surface area contributed by atoms with Gasteiger partial charge in [-0.2, -0.15) is 0 Å². The molecule has 0 saturated carbocycles. The quantitative estimate of drug-likeness (QED) is 0.357. The Balaban J connectivity index is 1.80. The van der Waals surface area contributed by atoms with Crippen molar-refractivity contribution in [2.24, 2.45) is 0 Å². The van der Waals surface area contributed by atoms with Crippen LogP contribution in [0.2, 0.25) is 0 Å². The van der Waals surface area contributed by atoms with E-state index < -0.39 is 0 Å². The average molecular weight is 475 g/mol. The summed E-state index contributed by atoms with van der Waals surface area (Å²) in [6.07, 6.45) is 10.9. The minimum atomic E-state index is -0.0718. The van der Waals surface area contributed by atoms with E-state index >= 15 is 0 Å². The first kappa shape index (κ1) is 26.1. The molecule has 0 radical (unpaired) electrons. The number of allylic oxidation sites excluding steroid dienone is 5. The van der Waals surface area contributed by atoms with Crippen molar-refractivity contribution in [1.29, 1.82) is 0 Å². The van der Waals surface area contributed by atoms with Crippen molar-refractivity contribution in [2.75, 3.05) is 31.0 Å². The first-order valence-corrected chi connectivity index (χ1v) is 12.2. The number of carbonyl (C=O) groups is 1. The minimum Gasteiger partial charge on any atom is -0.497 e. The van der Waals surface area contributed by atoms with Gasteiger partial charge in [-0.25, -0.2) is 0 Å². The van der Waals surface area contributed by atoms with Crippen molar-refractivity contribution in [1.82, 2.24) is 0 Å². The molecule has 2 aromatic carbocycles. The van der Waals surface area contributed by atoms with Gasteiger partial charge in [-0.15, -0.1) is 0 Å². The summed E-state index contributed by atoms with van der Waals surface area (Å²) in [6, 6.07) is 11.3. The number of methoxy groups -OCH3 is 2. The summed E-state index contributed by atoms with van der Waals surface area (Å²) in [5, 5.41) is 3.42. The topological polar surface area (TPSA) is 50.8 Å². The van der Waals surface area contributed by atoms with E-state index in [1.54, 1.807) is 19.1 Å². The second-order valence-electron chi connectivity index (χ2n) is 9.27. The summed E-state index contributed by atoms with van der Waals surface area (Å²) in [5.74, 6) is 1.27. The van der Waals surface area contributed by atoms with Crippen LogP contribution < -0.4 is 19.7 Å². The maximum absolute atomic E-state index is 13.7. The van der Waals surface area contributed by atoms with Crippen molar-refractivity contribution in [3.05, 3.63) is 76.9 Å². The standard InChI is InChI=1S/C30H38N2O3/c1-21(2)10-7-11-22(3)12-8-13-23(4)18-19-32-27-20-24(34-5)16-17-26(27)31-29-25(30(32)33)14-9-15-28(29)35-6/h9-10,12,14-18,20,31H,7-8,11,13,19H2,1-6H3/b22-12+,23-18+. The van der Waals surface area contributed by atoms with Crippen molar-refractivity contribution in [2.45, 2.75) is 53.4 Å². The zero-order chi connectivity index (χ0) is 25.4. The molecule has 3 rings (SSSR count). The number of rotatable bonds is 10. The highest BCUT2D eigenvalue weighted by atomic mass is 16.5. The van der Waals surface area contributed by atoms with Crippen molar-refractivity contribution >= 4 is 23.0 Å². The van der Waals surface area contributed by atoms with Crippen LogP contribution in [0.4, 0.5) is 17.1 Å². The van der Waals surface area contributed by atoms with Crippen molar-refractivity contribution < 1.29 is 14.3 Å². The van der Waals surface area contributed by atoms with Crippen LogP contribution in [0.5, 0.6) is 11.5 Å². The monoisotopic (exact) mass is 474 g/mol. The molecule has 0 atom stereocenters. The lowest BCUT2D eigenvalue weighted by molar-refractivity contribution is 0.0991. The van der Waals surface area contributed by atoms with Gasteiger partial charge in [0.05, 0.1) is 36.8 Å². The van der Waals surface area contributed by atoms with Gasteiger partial charge in [0.1, 0.15) is 11.5 Å². The molecule has 186 valence electrons. The number of fused-ring (bicyclic) bond motifs is 2. The summed E-state index contributed by atoms with van der Waals surface area (Å²) < 4.78 is 11.0. The normalized spacial score (nSPS) is 13.4. The van der Waals surface area contributed by atoms with Crippen LogP contribution in [0.25, 0.3) is 0 Å². The third-order valence-corrected chi connectivity index (χ3v) is 6.22. The van der Waals surface area contributed by atoms with E-state index in [2.05, 4.69) is 51.2 Å². The maximum atomic E-state index is 13.7. The number of benzene rings is 2. The van der Waals surface area contributed by atoms with Crippen LogP contribution in [-0.4, -0.2) is 26.7 Å². The second-order valence-corrected chi connectivity index (χ2v) is 9.27.